The fraction of sp³-hybridized carbons (Fsp3) is 0.488. The molecule has 6 N–H and O–H groups in total. The molecule has 1 aliphatic rings. The number of ketones is 2. The van der Waals surface area contributed by atoms with Crippen molar-refractivity contribution in [3.05, 3.63) is 95.6 Å². The van der Waals surface area contributed by atoms with E-state index in [0.717, 1.165) is 11.1 Å². The number of amides is 2. The Hall–Kier alpha value is -4.66. The number of ether oxygens (including phenoxy) is 3. The van der Waals surface area contributed by atoms with Gasteiger partial charge in [0.15, 0.2) is 11.6 Å². The zero-order chi connectivity index (χ0) is 41.2. The summed E-state index contributed by atoms with van der Waals surface area (Å²) in [7, 11) is 1.56. The smallest absolute Gasteiger partial charge is 0.407 e. The van der Waals surface area contributed by atoms with Gasteiger partial charge in [0.2, 0.25) is 5.91 Å². The van der Waals surface area contributed by atoms with Crippen molar-refractivity contribution in [3.63, 3.8) is 0 Å². The van der Waals surface area contributed by atoms with Crippen LogP contribution in [0.4, 0.5) is 10.5 Å². The minimum absolute atomic E-state index is 0.0312. The quantitative estimate of drug-likeness (QED) is 0.142. The van der Waals surface area contributed by atoms with Crippen LogP contribution in [-0.4, -0.2) is 96.4 Å². The Bertz CT molecular complexity index is 1760. The van der Waals surface area contributed by atoms with Gasteiger partial charge in [0.1, 0.15) is 17.4 Å². The molecule has 3 aromatic rings. The van der Waals surface area contributed by atoms with Crippen molar-refractivity contribution in [2.75, 3.05) is 31.9 Å². The van der Waals surface area contributed by atoms with Crippen LogP contribution in [0.25, 0.3) is 0 Å². The number of Topliss-reactive ketones (excluding diaryl/α,β-unsaturated/α-hetero) is 2. The second-order valence-electron chi connectivity index (χ2n) is 15.7. The highest BCUT2D eigenvalue weighted by molar-refractivity contribution is 6.08. The number of carbonyl (C=O) groups is 4. The first-order valence-electron chi connectivity index (χ1n) is 19.2. The molecule has 0 saturated carbocycles. The van der Waals surface area contributed by atoms with E-state index in [1.807, 2.05) is 56.3 Å². The molecule has 0 aliphatic carbocycles. The van der Waals surface area contributed by atoms with Crippen LogP contribution < -0.4 is 26.5 Å². The normalized spacial score (nSPS) is 17.6. The van der Waals surface area contributed by atoms with Crippen molar-refractivity contribution in [1.29, 1.82) is 0 Å². The monoisotopic (exact) mass is 773 g/mol. The van der Waals surface area contributed by atoms with Crippen molar-refractivity contribution >= 4 is 29.3 Å². The summed E-state index contributed by atoms with van der Waals surface area (Å²) in [5.41, 5.74) is 13.8. The second-order valence-corrected chi connectivity index (χ2v) is 15.7. The van der Waals surface area contributed by atoms with Gasteiger partial charge in [0, 0.05) is 18.0 Å². The maximum absolute atomic E-state index is 15.5. The predicted octanol–water partition coefficient (Wildman–Crippen LogP) is 4.47. The Morgan fingerprint density at radius 1 is 0.929 bits per heavy atom. The fourth-order valence-corrected chi connectivity index (χ4v) is 6.66. The van der Waals surface area contributed by atoms with E-state index in [0.29, 0.717) is 5.75 Å². The number of aliphatic hydroxyl groups is 1. The molecule has 0 aromatic heterocycles. The summed E-state index contributed by atoms with van der Waals surface area (Å²) in [5, 5.41) is 18.0. The van der Waals surface area contributed by atoms with E-state index in [1.54, 1.807) is 76.2 Å². The molecule has 0 radical (unpaired) electrons. The van der Waals surface area contributed by atoms with Crippen LogP contribution in [0.1, 0.15) is 69.4 Å². The Balaban J connectivity index is 1.86. The van der Waals surface area contributed by atoms with Crippen molar-refractivity contribution in [3.8, 4) is 5.75 Å². The van der Waals surface area contributed by atoms with Crippen molar-refractivity contribution < 1.29 is 38.5 Å². The van der Waals surface area contributed by atoms with Crippen LogP contribution in [0.15, 0.2) is 78.9 Å². The van der Waals surface area contributed by atoms with E-state index in [1.165, 1.54) is 5.01 Å². The number of anilines is 1. The number of carbonyl (C=O) groups excluding carboxylic acids is 4. The van der Waals surface area contributed by atoms with Gasteiger partial charge in [0.05, 0.1) is 50.2 Å². The molecule has 4 rings (SSSR count). The molecule has 13 heteroatoms. The van der Waals surface area contributed by atoms with Gasteiger partial charge in [-0.25, -0.2) is 9.80 Å². The zero-order valence-electron chi connectivity index (χ0n) is 33.6. The van der Waals surface area contributed by atoms with E-state index < -0.39 is 53.8 Å². The highest BCUT2D eigenvalue weighted by Crippen LogP contribution is 2.32. The summed E-state index contributed by atoms with van der Waals surface area (Å²) in [5.74, 6) is -1.73. The molecule has 13 nitrogen and oxygen atoms in total. The number of rotatable bonds is 17. The second kappa shape index (κ2) is 20.0. The van der Waals surface area contributed by atoms with Crippen LogP contribution in [0.3, 0.4) is 0 Å². The van der Waals surface area contributed by atoms with E-state index >= 15 is 4.79 Å². The number of hydrogen-bond acceptors (Lipinski definition) is 11. The van der Waals surface area contributed by atoms with Crippen LogP contribution >= 0.6 is 0 Å². The van der Waals surface area contributed by atoms with Crippen LogP contribution in [-0.2, 0) is 31.9 Å². The van der Waals surface area contributed by atoms with Gasteiger partial charge in [-0.1, -0.05) is 68.4 Å². The molecule has 3 aromatic carbocycles. The van der Waals surface area contributed by atoms with Gasteiger partial charge >= 0.3 is 6.09 Å². The summed E-state index contributed by atoms with van der Waals surface area (Å²) in [4.78, 5) is 56.4. The SMILES string of the molecule is COc1ccc(C[C@H](C[C@H](O)[C@H](Cc2ccccc2)NC(=O)OC(C)(C)C)C(=O)N(c2ccccc2C(=O)C(N)C(C)C)N2CCOCC2C(=O)C(C)N)cc1. The topological polar surface area (TPSA) is 187 Å². The number of nitrogens with one attached hydrogen (secondary N) is 1. The third-order valence-corrected chi connectivity index (χ3v) is 9.74. The Morgan fingerprint density at radius 3 is 2.16 bits per heavy atom. The highest BCUT2D eigenvalue weighted by atomic mass is 16.6. The molecule has 1 fully saturated rings. The summed E-state index contributed by atoms with van der Waals surface area (Å²) < 4.78 is 16.7. The fourth-order valence-electron chi connectivity index (χ4n) is 6.66. The van der Waals surface area contributed by atoms with Crippen molar-refractivity contribution in [1.82, 2.24) is 10.3 Å². The average molecular weight is 774 g/mol. The minimum Gasteiger partial charge on any atom is -0.497 e. The number of hydrazine groups is 1. The number of nitrogens with zero attached hydrogens (tertiary/aromatic N) is 2. The number of hydrogen-bond donors (Lipinski definition) is 4. The van der Waals surface area contributed by atoms with Crippen LogP contribution in [0, 0.1) is 11.8 Å². The molecular formula is C43H59N5O8. The first kappa shape index (κ1) is 44.1. The van der Waals surface area contributed by atoms with Crippen LogP contribution in [0.2, 0.25) is 0 Å². The lowest BCUT2D eigenvalue weighted by atomic mass is 9.88. The lowest BCUT2D eigenvalue weighted by molar-refractivity contribution is -0.137. The average Bonchev–Trinajstić information content (AvgIpc) is 3.16. The molecule has 304 valence electrons. The van der Waals surface area contributed by atoms with E-state index in [2.05, 4.69) is 5.32 Å². The number of methoxy groups -OCH3 is 1. The van der Waals surface area contributed by atoms with Gasteiger partial charge in [-0.05, 0) is 88.3 Å². The largest absolute Gasteiger partial charge is 0.497 e. The third kappa shape index (κ3) is 11.9. The predicted molar refractivity (Wildman–Crippen MR) is 215 cm³/mol. The van der Waals surface area contributed by atoms with Gasteiger partial charge in [-0.2, -0.15) is 5.01 Å². The lowest BCUT2D eigenvalue weighted by Crippen LogP contribution is -2.63. The molecule has 2 amide bonds. The number of morpholine rings is 1. The summed E-state index contributed by atoms with van der Waals surface area (Å²) in [6.07, 6.45) is -1.69. The molecule has 0 spiro atoms. The first-order chi connectivity index (χ1) is 26.5. The Morgan fingerprint density at radius 2 is 1.55 bits per heavy atom. The standard InChI is InChI=1S/C43H59N5O8/c1-27(2)38(45)40(51)33-15-11-12-16-35(33)48(47-21-22-55-26-36(47)39(50)28(3)44)41(52)31(23-30-17-19-32(54-7)20-18-30)25-37(49)34(24-29-13-9-8-10-14-29)46-42(53)56-43(4,5)6/h8-20,27-28,31,34,36-38,49H,21-26,44-45H2,1-7H3,(H,46,53)/t28?,31-,34+,36?,37+,38?/m1/s1. The first-order valence-corrected chi connectivity index (χ1v) is 19.2. The molecule has 3 unspecified atom stereocenters. The molecule has 6 atom stereocenters. The van der Waals surface area contributed by atoms with Crippen LogP contribution in [0.5, 0.6) is 5.75 Å². The highest BCUT2D eigenvalue weighted by Gasteiger charge is 2.42. The Labute approximate surface area is 330 Å². The van der Waals surface area contributed by atoms with Crippen molar-refractivity contribution in [2.45, 2.75) is 96.7 Å². The minimum atomic E-state index is -1.26. The van der Waals surface area contributed by atoms with E-state index in [9.17, 15) is 19.5 Å². The number of benzene rings is 3. The molecule has 1 heterocycles. The van der Waals surface area contributed by atoms with Gasteiger partial charge in [0.25, 0.3) is 0 Å². The maximum Gasteiger partial charge on any atom is 0.407 e. The van der Waals surface area contributed by atoms with Gasteiger partial charge in [-0.15, -0.1) is 0 Å². The number of nitrogens with two attached hydrogens (primary N) is 2. The van der Waals surface area contributed by atoms with E-state index in [-0.39, 0.29) is 67.8 Å². The summed E-state index contributed by atoms with van der Waals surface area (Å²) >= 11 is 0. The lowest BCUT2D eigenvalue weighted by Gasteiger charge is -2.44. The summed E-state index contributed by atoms with van der Waals surface area (Å²) in [6, 6.07) is 19.8. The van der Waals surface area contributed by atoms with Gasteiger partial charge in [-0.3, -0.25) is 14.4 Å². The molecule has 1 saturated heterocycles. The third-order valence-electron chi connectivity index (χ3n) is 9.74. The van der Waals surface area contributed by atoms with Crippen molar-refractivity contribution in [2.24, 2.45) is 23.3 Å². The zero-order valence-corrected chi connectivity index (χ0v) is 33.6. The van der Waals surface area contributed by atoms with Gasteiger partial charge < -0.3 is 36.1 Å². The number of alkyl carbamates (subject to hydrolysis) is 1. The molecular weight excluding hydrogens is 714 g/mol. The molecule has 0 bridgehead atoms. The molecule has 56 heavy (non-hydrogen) atoms. The molecule has 1 aliphatic heterocycles. The number of aliphatic hydroxyl groups excluding tert-OH is 1. The van der Waals surface area contributed by atoms with E-state index in [4.69, 9.17) is 25.7 Å². The maximum atomic E-state index is 15.5. The number of para-hydroxylation sites is 1. The Kier molecular flexibility index (Phi) is 15.7. The summed E-state index contributed by atoms with van der Waals surface area (Å²) in [6.45, 7) is 10.8.